The molecule has 0 amide bonds. The summed E-state index contributed by atoms with van der Waals surface area (Å²) < 4.78 is 5.52. The molecule has 0 saturated heterocycles. The maximum Gasteiger partial charge on any atom is 0.171 e. The van der Waals surface area contributed by atoms with Gasteiger partial charge in [0.15, 0.2) is 10.9 Å². The molecule has 5 heteroatoms. The van der Waals surface area contributed by atoms with Gasteiger partial charge in [0.1, 0.15) is 6.61 Å². The zero-order valence-corrected chi connectivity index (χ0v) is 10.9. The molecule has 0 spiro atoms. The molecule has 0 bridgehead atoms. The van der Waals surface area contributed by atoms with E-state index in [1.807, 2.05) is 0 Å². The Labute approximate surface area is 114 Å². The highest BCUT2D eigenvalue weighted by molar-refractivity contribution is 6.36. The standard InChI is InChI=1S/C12H8Cl3NO/c13-9-3-1-4-10(14)8(9)7-17-11-5-2-6-16-12(11)15/h1-6H,7H2. The molecule has 0 saturated carbocycles. The summed E-state index contributed by atoms with van der Waals surface area (Å²) in [4.78, 5) is 3.91. The molecule has 1 heterocycles. The normalized spacial score (nSPS) is 10.3. The van der Waals surface area contributed by atoms with Gasteiger partial charge >= 0.3 is 0 Å². The number of benzene rings is 1. The van der Waals surface area contributed by atoms with E-state index in [4.69, 9.17) is 39.5 Å². The van der Waals surface area contributed by atoms with Crippen LogP contribution in [0.15, 0.2) is 36.5 Å². The summed E-state index contributed by atoms with van der Waals surface area (Å²) in [5, 5.41) is 1.45. The van der Waals surface area contributed by atoms with Crippen molar-refractivity contribution in [2.45, 2.75) is 6.61 Å². The molecular weight excluding hydrogens is 280 g/mol. The van der Waals surface area contributed by atoms with Crippen molar-refractivity contribution in [2.75, 3.05) is 0 Å². The molecule has 0 aliphatic heterocycles. The number of hydrogen-bond donors (Lipinski definition) is 0. The number of pyridine rings is 1. The third-order valence-electron chi connectivity index (χ3n) is 2.16. The molecule has 0 fully saturated rings. The Morgan fingerprint density at radius 2 is 1.71 bits per heavy atom. The molecule has 88 valence electrons. The van der Waals surface area contributed by atoms with Crippen molar-refractivity contribution in [1.29, 1.82) is 0 Å². The monoisotopic (exact) mass is 287 g/mol. The Morgan fingerprint density at radius 1 is 1.00 bits per heavy atom. The molecule has 2 nitrogen and oxygen atoms in total. The van der Waals surface area contributed by atoms with Crippen molar-refractivity contribution < 1.29 is 4.74 Å². The van der Waals surface area contributed by atoms with Crippen molar-refractivity contribution >= 4 is 34.8 Å². The van der Waals surface area contributed by atoms with E-state index in [2.05, 4.69) is 4.98 Å². The number of hydrogen-bond acceptors (Lipinski definition) is 2. The van der Waals surface area contributed by atoms with E-state index < -0.39 is 0 Å². The molecule has 0 radical (unpaired) electrons. The summed E-state index contributed by atoms with van der Waals surface area (Å²) in [6.07, 6.45) is 1.59. The van der Waals surface area contributed by atoms with Gasteiger partial charge in [0, 0.05) is 21.8 Å². The smallest absolute Gasteiger partial charge is 0.171 e. The van der Waals surface area contributed by atoms with E-state index in [1.165, 1.54) is 0 Å². The van der Waals surface area contributed by atoms with Crippen LogP contribution in [0.1, 0.15) is 5.56 Å². The van der Waals surface area contributed by atoms with Crippen molar-refractivity contribution in [3.63, 3.8) is 0 Å². The average molecular weight is 289 g/mol. The molecule has 0 aliphatic rings. The van der Waals surface area contributed by atoms with Crippen LogP contribution in [0, 0.1) is 0 Å². The first kappa shape index (κ1) is 12.5. The topological polar surface area (TPSA) is 22.1 Å². The van der Waals surface area contributed by atoms with Crippen molar-refractivity contribution in [1.82, 2.24) is 4.98 Å². The van der Waals surface area contributed by atoms with Crippen LogP contribution in [0.3, 0.4) is 0 Å². The zero-order chi connectivity index (χ0) is 12.3. The van der Waals surface area contributed by atoms with E-state index in [9.17, 15) is 0 Å². The highest BCUT2D eigenvalue weighted by Crippen LogP contribution is 2.27. The minimum absolute atomic E-state index is 0.254. The zero-order valence-electron chi connectivity index (χ0n) is 8.66. The maximum absolute atomic E-state index is 6.02. The molecular formula is C12H8Cl3NO. The second-order valence-corrected chi connectivity index (χ2v) is 4.45. The quantitative estimate of drug-likeness (QED) is 0.769. The van der Waals surface area contributed by atoms with E-state index in [0.717, 1.165) is 5.56 Å². The van der Waals surface area contributed by atoms with Gasteiger partial charge in [-0.25, -0.2) is 4.98 Å². The number of halogens is 3. The van der Waals surface area contributed by atoms with Crippen LogP contribution in [0.2, 0.25) is 15.2 Å². The lowest BCUT2D eigenvalue weighted by Crippen LogP contribution is -1.98. The highest BCUT2D eigenvalue weighted by Gasteiger charge is 2.07. The van der Waals surface area contributed by atoms with Gasteiger partial charge in [-0.2, -0.15) is 0 Å². The lowest BCUT2D eigenvalue weighted by molar-refractivity contribution is 0.305. The summed E-state index contributed by atoms with van der Waals surface area (Å²) in [5.41, 5.74) is 0.732. The molecule has 0 unspecified atom stereocenters. The second kappa shape index (κ2) is 5.58. The molecule has 1 aromatic carbocycles. The molecule has 2 rings (SSSR count). The first-order chi connectivity index (χ1) is 8.18. The predicted octanol–water partition coefficient (Wildman–Crippen LogP) is 4.62. The minimum atomic E-state index is 0.254. The Morgan fingerprint density at radius 3 is 2.35 bits per heavy atom. The van der Waals surface area contributed by atoms with Crippen molar-refractivity contribution in [3.05, 3.63) is 57.3 Å². The predicted molar refractivity (Wildman–Crippen MR) is 70.0 cm³/mol. The summed E-state index contributed by atoms with van der Waals surface area (Å²) in [7, 11) is 0. The molecule has 0 atom stereocenters. The maximum atomic E-state index is 6.02. The SMILES string of the molecule is Clc1cccc(Cl)c1COc1cccnc1Cl. The fourth-order valence-corrected chi connectivity index (χ4v) is 1.98. The van der Waals surface area contributed by atoms with Crippen LogP contribution in [-0.4, -0.2) is 4.98 Å². The van der Waals surface area contributed by atoms with E-state index >= 15 is 0 Å². The van der Waals surface area contributed by atoms with Gasteiger partial charge in [-0.05, 0) is 24.3 Å². The second-order valence-electron chi connectivity index (χ2n) is 3.28. The summed E-state index contributed by atoms with van der Waals surface area (Å²) >= 11 is 17.9. The Hall–Kier alpha value is -0.960. The van der Waals surface area contributed by atoms with Gasteiger partial charge in [-0.3, -0.25) is 0 Å². The Kier molecular flexibility index (Phi) is 4.11. The molecule has 17 heavy (non-hydrogen) atoms. The number of aromatic nitrogens is 1. The van der Waals surface area contributed by atoms with Crippen LogP contribution in [0.5, 0.6) is 5.75 Å². The number of ether oxygens (including phenoxy) is 1. The largest absolute Gasteiger partial charge is 0.486 e. The van der Waals surface area contributed by atoms with Gasteiger partial charge in [0.2, 0.25) is 0 Å². The fourth-order valence-electron chi connectivity index (χ4n) is 1.30. The van der Waals surface area contributed by atoms with E-state index in [0.29, 0.717) is 20.9 Å². The average Bonchev–Trinajstić information content (AvgIpc) is 2.30. The van der Waals surface area contributed by atoms with Gasteiger partial charge in [-0.15, -0.1) is 0 Å². The summed E-state index contributed by atoms with van der Waals surface area (Å²) in [6.45, 7) is 0.254. The first-order valence-electron chi connectivity index (χ1n) is 4.84. The number of rotatable bonds is 3. The molecule has 1 aromatic heterocycles. The van der Waals surface area contributed by atoms with Gasteiger partial charge in [-0.1, -0.05) is 40.9 Å². The minimum Gasteiger partial charge on any atom is -0.486 e. The Bertz CT molecular complexity index is 511. The van der Waals surface area contributed by atoms with Crippen LogP contribution < -0.4 is 4.74 Å². The van der Waals surface area contributed by atoms with Gasteiger partial charge < -0.3 is 4.74 Å². The highest BCUT2D eigenvalue weighted by atomic mass is 35.5. The van der Waals surface area contributed by atoms with Crippen LogP contribution in [-0.2, 0) is 6.61 Å². The Balaban J connectivity index is 2.16. The third kappa shape index (κ3) is 3.03. The summed E-state index contributed by atoms with van der Waals surface area (Å²) in [5.74, 6) is 0.505. The van der Waals surface area contributed by atoms with E-state index in [1.54, 1.807) is 36.5 Å². The molecule has 2 aromatic rings. The van der Waals surface area contributed by atoms with Crippen LogP contribution >= 0.6 is 34.8 Å². The fraction of sp³-hybridized carbons (Fsp3) is 0.0833. The van der Waals surface area contributed by atoms with Crippen LogP contribution in [0.25, 0.3) is 0 Å². The van der Waals surface area contributed by atoms with Gasteiger partial charge in [0.25, 0.3) is 0 Å². The first-order valence-corrected chi connectivity index (χ1v) is 5.98. The van der Waals surface area contributed by atoms with Crippen molar-refractivity contribution in [3.8, 4) is 5.75 Å². The lowest BCUT2D eigenvalue weighted by Gasteiger charge is -2.09. The molecule has 0 aliphatic carbocycles. The van der Waals surface area contributed by atoms with E-state index in [-0.39, 0.29) is 6.61 Å². The lowest BCUT2D eigenvalue weighted by atomic mass is 10.2. The van der Waals surface area contributed by atoms with Crippen LogP contribution in [0.4, 0.5) is 0 Å². The van der Waals surface area contributed by atoms with Crippen molar-refractivity contribution in [2.24, 2.45) is 0 Å². The van der Waals surface area contributed by atoms with Gasteiger partial charge in [0.05, 0.1) is 0 Å². The number of nitrogens with zero attached hydrogens (tertiary/aromatic N) is 1. The third-order valence-corrected chi connectivity index (χ3v) is 3.15. The molecule has 0 N–H and O–H groups in total. The summed E-state index contributed by atoms with van der Waals surface area (Å²) in [6, 6.07) is 8.79.